The van der Waals surface area contributed by atoms with Crippen molar-refractivity contribution in [1.82, 2.24) is 9.21 Å². The minimum absolute atomic E-state index is 0.104. The van der Waals surface area contributed by atoms with E-state index in [1.54, 1.807) is 25.3 Å². The molecule has 0 saturated carbocycles. The van der Waals surface area contributed by atoms with Gasteiger partial charge >= 0.3 is 0 Å². The van der Waals surface area contributed by atoms with E-state index in [1.807, 2.05) is 12.1 Å². The molecular formula is C27H30N2O6S. The monoisotopic (exact) mass is 510 g/mol. The summed E-state index contributed by atoms with van der Waals surface area (Å²) in [6.07, 6.45) is 6.16. The van der Waals surface area contributed by atoms with Gasteiger partial charge in [-0.2, -0.15) is 0 Å². The molecule has 0 fully saturated rings. The van der Waals surface area contributed by atoms with E-state index in [1.165, 1.54) is 17.2 Å². The second kappa shape index (κ2) is 8.61. The van der Waals surface area contributed by atoms with Crippen molar-refractivity contribution >= 4 is 15.9 Å². The van der Waals surface area contributed by atoms with Crippen molar-refractivity contribution in [2.75, 3.05) is 26.7 Å². The number of sulfonamides is 1. The van der Waals surface area contributed by atoms with Crippen LogP contribution in [-0.4, -0.2) is 67.6 Å². The van der Waals surface area contributed by atoms with Gasteiger partial charge in [-0.05, 0) is 56.1 Å². The second-order valence-electron chi connectivity index (χ2n) is 10.1. The smallest absolute Gasteiger partial charge is 0.269 e. The summed E-state index contributed by atoms with van der Waals surface area (Å²) in [5, 5.41) is 10.2. The first-order valence-corrected chi connectivity index (χ1v) is 13.9. The van der Waals surface area contributed by atoms with Gasteiger partial charge in [-0.1, -0.05) is 30.4 Å². The third-order valence-electron chi connectivity index (χ3n) is 8.03. The molecule has 3 heterocycles. The first kappa shape index (κ1) is 23.5. The maximum Gasteiger partial charge on any atom is 0.269 e. The zero-order valence-electron chi connectivity index (χ0n) is 20.2. The summed E-state index contributed by atoms with van der Waals surface area (Å²) in [6.45, 7) is 2.59. The van der Waals surface area contributed by atoms with Gasteiger partial charge in [-0.15, -0.1) is 0 Å². The maximum atomic E-state index is 12.8. The molecule has 4 aliphatic rings. The van der Waals surface area contributed by atoms with Crippen LogP contribution in [0.5, 0.6) is 11.5 Å². The van der Waals surface area contributed by atoms with Crippen molar-refractivity contribution in [2.24, 2.45) is 0 Å². The number of carbonyl (C=O) groups excluding carboxylic acids is 1. The number of aliphatic hydroxyl groups excluding tert-OH is 1. The number of fused-ring (bicyclic) bond motifs is 1. The third-order valence-corrected chi connectivity index (χ3v) is 9.87. The first-order chi connectivity index (χ1) is 17.3. The summed E-state index contributed by atoms with van der Waals surface area (Å²) >= 11 is 0. The van der Waals surface area contributed by atoms with Crippen LogP contribution in [0.2, 0.25) is 0 Å². The van der Waals surface area contributed by atoms with Crippen LogP contribution in [0, 0.1) is 0 Å². The van der Waals surface area contributed by atoms with Gasteiger partial charge in [0, 0.05) is 25.1 Å². The Hall–Kier alpha value is -2.88. The lowest BCUT2D eigenvalue weighted by molar-refractivity contribution is 0.0809. The lowest BCUT2D eigenvalue weighted by Gasteiger charge is -2.36. The molecule has 0 bridgehead atoms. The minimum atomic E-state index is -3.76. The summed E-state index contributed by atoms with van der Waals surface area (Å²) in [5.74, 6) is 1.08. The van der Waals surface area contributed by atoms with Crippen molar-refractivity contribution in [3.05, 3.63) is 65.2 Å². The standard InChI is InChI=1S/C27H30N2O6S/c1-34-21-9-8-18-17-28(15-12-27-11-10-19(30)16-23(27)35-25(21)24(18)27)13-4-5-14-29-26(31)20-6-2-3-7-22(20)36(29,32)33/h2-3,6-11,19,23,30H,4-5,12-17H2,1H3/t19-,23-,27-/m0/s1. The number of ether oxygens (including phenoxy) is 2. The average Bonchev–Trinajstić information content (AvgIpc) is 3.22. The van der Waals surface area contributed by atoms with E-state index in [0.29, 0.717) is 12.8 Å². The van der Waals surface area contributed by atoms with E-state index < -0.39 is 22.0 Å². The molecule has 9 heteroatoms. The Morgan fingerprint density at radius 2 is 1.97 bits per heavy atom. The number of carbonyl (C=O) groups is 1. The SMILES string of the molecule is COc1ccc2c3c1O[C@H]1C[C@@H](O)C=C[C@@]31CCN(CCCCN1C(=O)c3ccccc3S1(=O)=O)C2. The van der Waals surface area contributed by atoms with Gasteiger partial charge in [0.15, 0.2) is 11.5 Å². The first-order valence-electron chi connectivity index (χ1n) is 12.5. The molecule has 1 aliphatic carbocycles. The average molecular weight is 511 g/mol. The largest absolute Gasteiger partial charge is 0.493 e. The van der Waals surface area contributed by atoms with Crippen LogP contribution in [-0.2, 0) is 22.0 Å². The molecule has 3 atom stereocenters. The summed E-state index contributed by atoms with van der Waals surface area (Å²) < 4.78 is 38.6. The maximum absolute atomic E-state index is 12.8. The third kappa shape index (κ3) is 3.48. The van der Waals surface area contributed by atoms with Crippen LogP contribution in [0.4, 0.5) is 0 Å². The van der Waals surface area contributed by atoms with Crippen LogP contribution in [0.3, 0.4) is 0 Å². The van der Waals surface area contributed by atoms with E-state index >= 15 is 0 Å². The number of benzene rings is 2. The normalized spacial score (nSPS) is 27.7. The molecule has 3 aliphatic heterocycles. The molecule has 8 nitrogen and oxygen atoms in total. The topological polar surface area (TPSA) is 96.4 Å². The van der Waals surface area contributed by atoms with Crippen molar-refractivity contribution < 1.29 is 27.8 Å². The lowest BCUT2D eigenvalue weighted by Crippen LogP contribution is -2.43. The fourth-order valence-corrected chi connectivity index (χ4v) is 7.84. The Morgan fingerprint density at radius 3 is 2.78 bits per heavy atom. The van der Waals surface area contributed by atoms with E-state index in [2.05, 4.69) is 17.0 Å². The molecule has 1 spiro atoms. The van der Waals surface area contributed by atoms with Crippen molar-refractivity contribution in [3.8, 4) is 11.5 Å². The number of hydrogen-bond acceptors (Lipinski definition) is 7. The fraction of sp³-hybridized carbons (Fsp3) is 0.444. The zero-order valence-corrected chi connectivity index (χ0v) is 21.0. The highest BCUT2D eigenvalue weighted by molar-refractivity contribution is 7.90. The molecule has 190 valence electrons. The van der Waals surface area contributed by atoms with E-state index in [9.17, 15) is 18.3 Å². The Labute approximate surface area is 211 Å². The van der Waals surface area contributed by atoms with E-state index in [-0.39, 0.29) is 28.5 Å². The number of methoxy groups -OCH3 is 1. The highest BCUT2D eigenvalue weighted by Gasteiger charge is 2.52. The number of aliphatic hydroxyl groups is 1. The quantitative estimate of drug-likeness (QED) is 0.472. The van der Waals surface area contributed by atoms with Gasteiger partial charge in [0.25, 0.3) is 15.9 Å². The van der Waals surface area contributed by atoms with E-state index in [4.69, 9.17) is 9.47 Å². The van der Waals surface area contributed by atoms with Crippen LogP contribution in [0.15, 0.2) is 53.4 Å². The highest BCUT2D eigenvalue weighted by Crippen LogP contribution is 2.55. The molecule has 1 amide bonds. The van der Waals surface area contributed by atoms with Crippen molar-refractivity contribution in [2.45, 2.75) is 54.7 Å². The van der Waals surface area contributed by atoms with Gasteiger partial charge in [-0.25, -0.2) is 12.7 Å². The van der Waals surface area contributed by atoms with Crippen LogP contribution in [0.1, 0.15) is 47.2 Å². The summed E-state index contributed by atoms with van der Waals surface area (Å²) in [5.41, 5.74) is 2.34. The van der Waals surface area contributed by atoms with Gasteiger partial charge < -0.3 is 14.6 Å². The molecule has 2 aromatic rings. The predicted molar refractivity (Wildman–Crippen MR) is 133 cm³/mol. The number of nitrogens with zero attached hydrogens (tertiary/aromatic N) is 2. The van der Waals surface area contributed by atoms with Gasteiger partial charge in [0.2, 0.25) is 0 Å². The van der Waals surface area contributed by atoms with Crippen molar-refractivity contribution in [1.29, 1.82) is 0 Å². The number of hydrogen-bond donors (Lipinski definition) is 1. The van der Waals surface area contributed by atoms with Crippen LogP contribution < -0.4 is 9.47 Å². The Morgan fingerprint density at radius 1 is 1.17 bits per heavy atom. The molecule has 0 aromatic heterocycles. The fourth-order valence-electron chi connectivity index (χ4n) is 6.23. The van der Waals surface area contributed by atoms with E-state index in [0.717, 1.165) is 48.3 Å². The second-order valence-corrected chi connectivity index (χ2v) is 11.9. The molecular weight excluding hydrogens is 480 g/mol. The minimum Gasteiger partial charge on any atom is -0.493 e. The van der Waals surface area contributed by atoms with Gasteiger partial charge in [-0.3, -0.25) is 9.69 Å². The Balaban J connectivity index is 1.16. The molecule has 0 saturated heterocycles. The predicted octanol–water partition coefficient (Wildman–Crippen LogP) is 2.85. The lowest BCUT2D eigenvalue weighted by atomic mass is 9.69. The summed E-state index contributed by atoms with van der Waals surface area (Å²) in [6, 6.07) is 10.5. The summed E-state index contributed by atoms with van der Waals surface area (Å²) in [4.78, 5) is 15.2. The number of amides is 1. The molecule has 6 rings (SSSR count). The van der Waals surface area contributed by atoms with Crippen molar-refractivity contribution in [3.63, 3.8) is 0 Å². The van der Waals surface area contributed by atoms with Crippen LogP contribution >= 0.6 is 0 Å². The Bertz CT molecular complexity index is 1360. The zero-order chi connectivity index (χ0) is 25.1. The highest BCUT2D eigenvalue weighted by atomic mass is 32.2. The van der Waals surface area contributed by atoms with Gasteiger partial charge in [0.1, 0.15) is 11.0 Å². The van der Waals surface area contributed by atoms with Gasteiger partial charge in [0.05, 0.1) is 24.2 Å². The van der Waals surface area contributed by atoms with Crippen LogP contribution in [0.25, 0.3) is 0 Å². The number of unbranched alkanes of at least 4 members (excludes halogenated alkanes) is 1. The Kier molecular flexibility index (Phi) is 5.62. The molecule has 0 unspecified atom stereocenters. The molecule has 0 radical (unpaired) electrons. The molecule has 2 aromatic carbocycles. The summed E-state index contributed by atoms with van der Waals surface area (Å²) in [7, 11) is -2.11. The molecule has 1 N–H and O–H groups in total. The number of rotatable bonds is 6. The molecule has 36 heavy (non-hydrogen) atoms.